The molecule has 0 bridgehead atoms. The first-order valence-electron chi connectivity index (χ1n) is 10.6. The van der Waals surface area contributed by atoms with Crippen LogP contribution in [0.1, 0.15) is 16.7 Å². The molecule has 0 spiro atoms. The summed E-state index contributed by atoms with van der Waals surface area (Å²) in [5, 5.41) is 5.96. The quantitative estimate of drug-likeness (QED) is 0.381. The fraction of sp³-hybridized carbons (Fsp3) is 0.115. The molecule has 3 aromatic rings. The highest BCUT2D eigenvalue weighted by atomic mass is 35.5. The van der Waals surface area contributed by atoms with Gasteiger partial charge in [0.2, 0.25) is 0 Å². The maximum Gasteiger partial charge on any atom is 0.329 e. The lowest BCUT2D eigenvalue weighted by Gasteiger charge is -2.11. The van der Waals surface area contributed by atoms with Crippen molar-refractivity contribution in [1.82, 2.24) is 10.2 Å². The van der Waals surface area contributed by atoms with E-state index in [9.17, 15) is 14.4 Å². The van der Waals surface area contributed by atoms with Gasteiger partial charge in [-0.15, -0.1) is 0 Å². The molecule has 1 fully saturated rings. The standard InChI is InChI=1S/C26H22ClN3O4/c1-17-2-10-21(11-3-17)28-24(31)16-34-22-12-6-18(7-13-22)14-23-25(32)30(26(33)29-23)15-19-4-8-20(27)9-5-19/h2-14H,15-16H2,1H3,(H,28,31)(H,29,33)/b23-14-. The first-order chi connectivity index (χ1) is 16.4. The number of hydrogen-bond donors (Lipinski definition) is 2. The number of nitrogens with zero attached hydrogens (tertiary/aromatic N) is 1. The molecule has 0 radical (unpaired) electrons. The van der Waals surface area contributed by atoms with E-state index < -0.39 is 11.9 Å². The molecule has 0 saturated carbocycles. The van der Waals surface area contributed by atoms with Gasteiger partial charge < -0.3 is 15.4 Å². The minimum absolute atomic E-state index is 0.136. The molecule has 0 unspecified atom stereocenters. The van der Waals surface area contributed by atoms with Gasteiger partial charge in [-0.25, -0.2) is 4.79 Å². The van der Waals surface area contributed by atoms with Crippen molar-refractivity contribution in [2.24, 2.45) is 0 Å². The zero-order valence-corrected chi connectivity index (χ0v) is 19.1. The van der Waals surface area contributed by atoms with E-state index in [1.54, 1.807) is 54.6 Å². The molecule has 4 rings (SSSR count). The van der Waals surface area contributed by atoms with Crippen molar-refractivity contribution in [3.8, 4) is 5.75 Å². The van der Waals surface area contributed by atoms with Gasteiger partial charge in [0.15, 0.2) is 6.61 Å². The molecule has 2 N–H and O–H groups in total. The normalized spacial score (nSPS) is 14.3. The summed E-state index contributed by atoms with van der Waals surface area (Å²) in [6.45, 7) is 1.99. The molecule has 172 valence electrons. The Hall–Kier alpha value is -4.10. The van der Waals surface area contributed by atoms with Crippen molar-refractivity contribution >= 4 is 41.2 Å². The number of hydrogen-bond acceptors (Lipinski definition) is 4. The van der Waals surface area contributed by atoms with Crippen LogP contribution >= 0.6 is 11.6 Å². The number of rotatable bonds is 7. The molecule has 3 aromatic carbocycles. The van der Waals surface area contributed by atoms with Gasteiger partial charge >= 0.3 is 6.03 Å². The summed E-state index contributed by atoms with van der Waals surface area (Å²) in [6, 6.07) is 20.8. The Kier molecular flexibility index (Phi) is 6.94. The van der Waals surface area contributed by atoms with Gasteiger partial charge in [0, 0.05) is 10.7 Å². The van der Waals surface area contributed by atoms with E-state index in [0.717, 1.165) is 16.0 Å². The lowest BCUT2D eigenvalue weighted by molar-refractivity contribution is -0.123. The van der Waals surface area contributed by atoms with Gasteiger partial charge in [0.1, 0.15) is 11.4 Å². The molecule has 0 aromatic heterocycles. The van der Waals surface area contributed by atoms with Gasteiger partial charge in [-0.3, -0.25) is 14.5 Å². The Morgan fingerprint density at radius 2 is 1.68 bits per heavy atom. The number of urea groups is 1. The zero-order chi connectivity index (χ0) is 24.1. The predicted octanol–water partition coefficient (Wildman–Crippen LogP) is 4.76. The zero-order valence-electron chi connectivity index (χ0n) is 18.4. The van der Waals surface area contributed by atoms with Crippen LogP contribution in [0.5, 0.6) is 5.75 Å². The first kappa shape index (κ1) is 23.1. The summed E-state index contributed by atoms with van der Waals surface area (Å²) in [4.78, 5) is 38.2. The Labute approximate surface area is 202 Å². The summed E-state index contributed by atoms with van der Waals surface area (Å²) >= 11 is 5.89. The van der Waals surface area contributed by atoms with E-state index >= 15 is 0 Å². The van der Waals surface area contributed by atoms with Crippen LogP contribution in [-0.2, 0) is 16.1 Å². The molecular weight excluding hydrogens is 454 g/mol. The summed E-state index contributed by atoms with van der Waals surface area (Å²) < 4.78 is 5.53. The number of aryl methyl sites for hydroxylation is 1. The molecule has 1 aliphatic rings. The lowest BCUT2D eigenvalue weighted by atomic mass is 10.1. The third kappa shape index (κ3) is 5.82. The molecule has 1 aliphatic heterocycles. The van der Waals surface area contributed by atoms with Crippen molar-refractivity contribution in [2.75, 3.05) is 11.9 Å². The van der Waals surface area contributed by atoms with Crippen LogP contribution in [-0.4, -0.2) is 29.4 Å². The maximum absolute atomic E-state index is 12.7. The number of ether oxygens (including phenoxy) is 1. The second kappa shape index (κ2) is 10.2. The van der Waals surface area contributed by atoms with E-state index in [1.807, 2.05) is 31.2 Å². The molecule has 1 saturated heterocycles. The highest BCUT2D eigenvalue weighted by Gasteiger charge is 2.33. The van der Waals surface area contributed by atoms with E-state index in [1.165, 1.54) is 0 Å². The molecule has 0 atom stereocenters. The third-order valence-corrected chi connectivity index (χ3v) is 5.36. The van der Waals surface area contributed by atoms with E-state index in [-0.39, 0.29) is 24.8 Å². The van der Waals surface area contributed by atoms with Crippen molar-refractivity contribution < 1.29 is 19.1 Å². The molecule has 7 nitrogen and oxygen atoms in total. The van der Waals surface area contributed by atoms with Crippen LogP contribution < -0.4 is 15.4 Å². The van der Waals surface area contributed by atoms with Crippen LogP contribution in [0.25, 0.3) is 6.08 Å². The van der Waals surface area contributed by atoms with Crippen molar-refractivity contribution in [3.05, 3.63) is 100 Å². The second-order valence-electron chi connectivity index (χ2n) is 7.78. The molecular formula is C26H22ClN3O4. The molecule has 4 amide bonds. The minimum Gasteiger partial charge on any atom is -0.484 e. The SMILES string of the molecule is Cc1ccc(NC(=O)COc2ccc(/C=C3\NC(=O)N(Cc4ccc(Cl)cc4)C3=O)cc2)cc1. The molecule has 8 heteroatoms. The number of amides is 4. The molecule has 1 heterocycles. The summed E-state index contributed by atoms with van der Waals surface area (Å²) in [7, 11) is 0. The van der Waals surface area contributed by atoms with Crippen LogP contribution in [0.3, 0.4) is 0 Å². The predicted molar refractivity (Wildman–Crippen MR) is 130 cm³/mol. The Bertz CT molecular complexity index is 1240. The highest BCUT2D eigenvalue weighted by molar-refractivity contribution is 6.30. The van der Waals surface area contributed by atoms with Crippen molar-refractivity contribution in [2.45, 2.75) is 13.5 Å². The average Bonchev–Trinajstić information content (AvgIpc) is 3.09. The number of imide groups is 1. The second-order valence-corrected chi connectivity index (χ2v) is 8.21. The van der Waals surface area contributed by atoms with Gasteiger partial charge in [0.05, 0.1) is 6.54 Å². The smallest absolute Gasteiger partial charge is 0.329 e. The molecule has 0 aliphatic carbocycles. The van der Waals surface area contributed by atoms with Crippen LogP contribution in [0.4, 0.5) is 10.5 Å². The monoisotopic (exact) mass is 475 g/mol. The van der Waals surface area contributed by atoms with Crippen molar-refractivity contribution in [1.29, 1.82) is 0 Å². The summed E-state index contributed by atoms with van der Waals surface area (Å²) in [6.07, 6.45) is 1.59. The van der Waals surface area contributed by atoms with Gasteiger partial charge in [-0.1, -0.05) is 53.6 Å². The van der Waals surface area contributed by atoms with Gasteiger partial charge in [-0.05, 0) is 60.5 Å². The number of carbonyl (C=O) groups excluding carboxylic acids is 3. The summed E-state index contributed by atoms with van der Waals surface area (Å²) in [5.41, 5.74) is 3.49. The minimum atomic E-state index is -0.481. The molecule has 34 heavy (non-hydrogen) atoms. The topological polar surface area (TPSA) is 87.7 Å². The van der Waals surface area contributed by atoms with E-state index in [0.29, 0.717) is 22.0 Å². The van der Waals surface area contributed by atoms with Gasteiger partial charge in [-0.2, -0.15) is 0 Å². The fourth-order valence-electron chi connectivity index (χ4n) is 3.30. The lowest BCUT2D eigenvalue weighted by Crippen LogP contribution is -2.30. The Morgan fingerprint density at radius 1 is 1.00 bits per heavy atom. The van der Waals surface area contributed by atoms with Crippen LogP contribution in [0.15, 0.2) is 78.5 Å². The van der Waals surface area contributed by atoms with E-state index in [4.69, 9.17) is 16.3 Å². The van der Waals surface area contributed by atoms with E-state index in [2.05, 4.69) is 10.6 Å². The van der Waals surface area contributed by atoms with Crippen LogP contribution in [0.2, 0.25) is 5.02 Å². The number of halogens is 1. The third-order valence-electron chi connectivity index (χ3n) is 5.11. The first-order valence-corrected chi connectivity index (χ1v) is 10.9. The van der Waals surface area contributed by atoms with Crippen molar-refractivity contribution in [3.63, 3.8) is 0 Å². The number of anilines is 1. The number of benzene rings is 3. The largest absolute Gasteiger partial charge is 0.484 e. The Morgan fingerprint density at radius 3 is 2.35 bits per heavy atom. The number of carbonyl (C=O) groups is 3. The average molecular weight is 476 g/mol. The number of nitrogens with one attached hydrogen (secondary N) is 2. The fourth-order valence-corrected chi connectivity index (χ4v) is 3.42. The Balaban J connectivity index is 1.33. The van der Waals surface area contributed by atoms with Crippen LogP contribution in [0, 0.1) is 6.92 Å². The maximum atomic E-state index is 12.7. The summed E-state index contributed by atoms with van der Waals surface area (Å²) in [5.74, 6) is -0.171. The van der Waals surface area contributed by atoms with Gasteiger partial charge in [0.25, 0.3) is 11.8 Å². The highest BCUT2D eigenvalue weighted by Crippen LogP contribution is 2.20.